The minimum Gasteiger partial charge on any atom is -0.438 e. The van der Waals surface area contributed by atoms with Crippen LogP contribution in [-0.2, 0) is 13.1 Å². The summed E-state index contributed by atoms with van der Waals surface area (Å²) in [5, 5.41) is 23.6. The molecule has 5 rings (SSSR count). The standard InChI is InChI=1S/C27H23BrN6O2/c1-17-6-8-18(9-7-17)15-34-16-21(32-33-34)14-30-23-11-10-20(28)13-24(23)31-27(35)22-12-19-4-2-3-5-25(19)36-26(22)29/h2-13,16,29-30H,14-15H2,1H3,(H,31,35). The van der Waals surface area contributed by atoms with Crippen molar-refractivity contribution in [2.75, 3.05) is 10.6 Å². The van der Waals surface area contributed by atoms with E-state index in [0.29, 0.717) is 30.0 Å². The molecule has 9 heteroatoms. The Labute approximate surface area is 215 Å². The molecule has 0 atom stereocenters. The van der Waals surface area contributed by atoms with Crippen LogP contribution in [0.4, 0.5) is 11.4 Å². The van der Waals surface area contributed by atoms with Gasteiger partial charge in [-0.05, 0) is 42.8 Å². The fourth-order valence-electron chi connectivity index (χ4n) is 3.77. The van der Waals surface area contributed by atoms with Gasteiger partial charge in [0.05, 0.1) is 30.7 Å². The number of nitrogens with zero attached hydrogens (tertiary/aromatic N) is 3. The number of aryl methyl sites for hydroxylation is 1. The van der Waals surface area contributed by atoms with Gasteiger partial charge in [0.1, 0.15) is 16.8 Å². The molecule has 3 N–H and O–H groups in total. The molecule has 8 nitrogen and oxygen atoms in total. The number of para-hydroxylation sites is 1. The van der Waals surface area contributed by atoms with Crippen LogP contribution in [0.2, 0.25) is 0 Å². The number of hydrogen-bond donors (Lipinski definition) is 3. The molecule has 0 fully saturated rings. The third-order valence-electron chi connectivity index (χ3n) is 5.66. The summed E-state index contributed by atoms with van der Waals surface area (Å²) in [6.07, 6.45) is 1.90. The predicted octanol–water partition coefficient (Wildman–Crippen LogP) is 5.49. The van der Waals surface area contributed by atoms with Gasteiger partial charge in [-0.25, -0.2) is 4.68 Å². The molecule has 1 amide bonds. The molecule has 2 aromatic heterocycles. The second-order valence-electron chi connectivity index (χ2n) is 8.42. The lowest BCUT2D eigenvalue weighted by atomic mass is 10.1. The van der Waals surface area contributed by atoms with Gasteiger partial charge < -0.3 is 15.1 Å². The number of aromatic nitrogens is 3. The molecule has 36 heavy (non-hydrogen) atoms. The molecular formula is C27H23BrN6O2. The maximum atomic E-state index is 13.1. The van der Waals surface area contributed by atoms with E-state index in [4.69, 9.17) is 9.83 Å². The molecule has 180 valence electrons. The Morgan fingerprint density at radius 3 is 2.69 bits per heavy atom. The molecule has 0 unspecified atom stereocenters. The molecule has 0 aliphatic carbocycles. The third-order valence-corrected chi connectivity index (χ3v) is 6.15. The number of benzene rings is 3. The van der Waals surface area contributed by atoms with Gasteiger partial charge in [0.2, 0.25) is 5.55 Å². The molecule has 0 bridgehead atoms. The maximum Gasteiger partial charge on any atom is 0.261 e. The molecule has 3 aromatic carbocycles. The molecule has 0 radical (unpaired) electrons. The average Bonchev–Trinajstić information content (AvgIpc) is 3.31. The lowest BCUT2D eigenvalue weighted by Gasteiger charge is -2.13. The number of rotatable bonds is 7. The van der Waals surface area contributed by atoms with E-state index in [0.717, 1.165) is 21.1 Å². The summed E-state index contributed by atoms with van der Waals surface area (Å²) in [6, 6.07) is 22.8. The highest BCUT2D eigenvalue weighted by Crippen LogP contribution is 2.27. The highest BCUT2D eigenvalue weighted by Gasteiger charge is 2.14. The van der Waals surface area contributed by atoms with Gasteiger partial charge in [0.15, 0.2) is 0 Å². The second-order valence-corrected chi connectivity index (χ2v) is 9.33. The van der Waals surface area contributed by atoms with Crippen molar-refractivity contribution < 1.29 is 9.21 Å². The van der Waals surface area contributed by atoms with E-state index >= 15 is 0 Å². The zero-order chi connectivity index (χ0) is 25.1. The first-order valence-electron chi connectivity index (χ1n) is 11.3. The topological polar surface area (TPSA) is 109 Å². The molecule has 5 aromatic rings. The summed E-state index contributed by atoms with van der Waals surface area (Å²) in [6.45, 7) is 3.12. The van der Waals surface area contributed by atoms with E-state index in [1.54, 1.807) is 22.9 Å². The summed E-state index contributed by atoms with van der Waals surface area (Å²) in [4.78, 5) is 13.1. The van der Waals surface area contributed by atoms with Crippen LogP contribution in [0.3, 0.4) is 0 Å². The van der Waals surface area contributed by atoms with Crippen LogP contribution in [0.15, 0.2) is 87.9 Å². The van der Waals surface area contributed by atoms with E-state index in [1.165, 1.54) is 5.56 Å². The largest absolute Gasteiger partial charge is 0.438 e. The summed E-state index contributed by atoms with van der Waals surface area (Å²) in [5.74, 6) is -0.431. The minimum atomic E-state index is -0.431. The van der Waals surface area contributed by atoms with Crippen molar-refractivity contribution in [2.24, 2.45) is 0 Å². The Hall–Kier alpha value is -4.24. The van der Waals surface area contributed by atoms with Crippen molar-refractivity contribution in [3.8, 4) is 0 Å². The Bertz CT molecular complexity index is 1610. The molecule has 0 spiro atoms. The first-order chi connectivity index (χ1) is 17.4. The van der Waals surface area contributed by atoms with Gasteiger partial charge in [0, 0.05) is 9.86 Å². The molecule has 0 saturated carbocycles. The third kappa shape index (κ3) is 5.36. The monoisotopic (exact) mass is 542 g/mol. The molecule has 0 aliphatic rings. The van der Waals surface area contributed by atoms with Gasteiger partial charge in [-0.3, -0.25) is 10.2 Å². The van der Waals surface area contributed by atoms with Gasteiger partial charge >= 0.3 is 0 Å². The number of fused-ring (bicyclic) bond motifs is 1. The number of halogens is 1. The van der Waals surface area contributed by atoms with Crippen molar-refractivity contribution >= 4 is 44.2 Å². The SMILES string of the molecule is Cc1ccc(Cn2cc(CNc3ccc(Br)cc3NC(=O)c3cc4ccccc4oc3=N)nn2)cc1. The van der Waals surface area contributed by atoms with Crippen LogP contribution in [0.1, 0.15) is 27.2 Å². The summed E-state index contributed by atoms with van der Waals surface area (Å²) in [5.41, 5.74) is 4.92. The van der Waals surface area contributed by atoms with Gasteiger partial charge in [-0.1, -0.05) is 69.2 Å². The van der Waals surface area contributed by atoms with Crippen LogP contribution in [0.5, 0.6) is 0 Å². The minimum absolute atomic E-state index is 0.152. The van der Waals surface area contributed by atoms with Gasteiger partial charge in [-0.2, -0.15) is 0 Å². The van der Waals surface area contributed by atoms with Crippen molar-refractivity contribution in [1.82, 2.24) is 15.0 Å². The quantitative estimate of drug-likeness (QED) is 0.252. The number of anilines is 2. The van der Waals surface area contributed by atoms with Gasteiger partial charge in [0.25, 0.3) is 5.91 Å². The Morgan fingerprint density at radius 2 is 1.86 bits per heavy atom. The van der Waals surface area contributed by atoms with Crippen molar-refractivity contribution in [2.45, 2.75) is 20.0 Å². The predicted molar refractivity (Wildman–Crippen MR) is 142 cm³/mol. The number of carbonyl (C=O) groups excluding carboxylic acids is 1. The van der Waals surface area contributed by atoms with Gasteiger partial charge in [-0.15, -0.1) is 5.10 Å². The van der Waals surface area contributed by atoms with E-state index in [-0.39, 0.29) is 11.1 Å². The van der Waals surface area contributed by atoms with Crippen molar-refractivity contribution in [1.29, 1.82) is 5.41 Å². The Morgan fingerprint density at radius 1 is 1.06 bits per heavy atom. The fourth-order valence-corrected chi connectivity index (χ4v) is 4.14. The van der Waals surface area contributed by atoms with Crippen LogP contribution in [-0.4, -0.2) is 20.9 Å². The molecule has 2 heterocycles. The Kier molecular flexibility index (Phi) is 6.64. The number of amides is 1. The van der Waals surface area contributed by atoms with Crippen molar-refractivity contribution in [3.63, 3.8) is 0 Å². The Balaban J connectivity index is 1.30. The van der Waals surface area contributed by atoms with Crippen LogP contribution < -0.4 is 16.2 Å². The number of carbonyl (C=O) groups is 1. The van der Waals surface area contributed by atoms with E-state index in [1.807, 2.05) is 36.5 Å². The lowest BCUT2D eigenvalue weighted by Crippen LogP contribution is -2.21. The molecular weight excluding hydrogens is 520 g/mol. The smallest absolute Gasteiger partial charge is 0.261 e. The second kappa shape index (κ2) is 10.2. The summed E-state index contributed by atoms with van der Waals surface area (Å²) >= 11 is 3.46. The summed E-state index contributed by atoms with van der Waals surface area (Å²) < 4.78 is 8.13. The molecule has 0 aliphatic heterocycles. The van der Waals surface area contributed by atoms with E-state index < -0.39 is 5.91 Å². The number of nitrogens with one attached hydrogen (secondary N) is 3. The lowest BCUT2D eigenvalue weighted by molar-refractivity contribution is 0.102. The van der Waals surface area contributed by atoms with Crippen LogP contribution in [0, 0.1) is 12.3 Å². The van der Waals surface area contributed by atoms with Crippen molar-refractivity contribution in [3.05, 3.63) is 111 Å². The highest BCUT2D eigenvalue weighted by molar-refractivity contribution is 9.10. The number of hydrogen-bond acceptors (Lipinski definition) is 6. The maximum absolute atomic E-state index is 13.1. The normalized spacial score (nSPS) is 10.9. The highest BCUT2D eigenvalue weighted by atomic mass is 79.9. The first-order valence-corrected chi connectivity index (χ1v) is 12.1. The van der Waals surface area contributed by atoms with Crippen LogP contribution in [0.25, 0.3) is 11.0 Å². The average molecular weight is 543 g/mol. The summed E-state index contributed by atoms with van der Waals surface area (Å²) in [7, 11) is 0. The zero-order valence-corrected chi connectivity index (χ0v) is 21.0. The first kappa shape index (κ1) is 23.5. The molecule has 0 saturated heterocycles. The fraction of sp³-hybridized carbons (Fsp3) is 0.111. The van der Waals surface area contributed by atoms with Crippen LogP contribution >= 0.6 is 15.9 Å². The van der Waals surface area contributed by atoms with E-state index in [2.05, 4.69) is 68.1 Å². The van der Waals surface area contributed by atoms with E-state index in [9.17, 15) is 4.79 Å². The zero-order valence-electron chi connectivity index (χ0n) is 19.5.